The van der Waals surface area contributed by atoms with Crippen molar-refractivity contribution in [1.82, 2.24) is 14.5 Å². The van der Waals surface area contributed by atoms with Crippen LogP contribution in [0.3, 0.4) is 0 Å². The van der Waals surface area contributed by atoms with Crippen LogP contribution in [0.5, 0.6) is 0 Å². The number of aromatic nitrogens is 3. The Hall–Kier alpha value is -3.82. The number of benzene rings is 1. The van der Waals surface area contributed by atoms with Crippen LogP contribution in [0.25, 0.3) is 5.69 Å². The van der Waals surface area contributed by atoms with Crippen molar-refractivity contribution in [3.63, 3.8) is 0 Å². The van der Waals surface area contributed by atoms with Crippen LogP contribution in [0.4, 0.5) is 11.6 Å². The van der Waals surface area contributed by atoms with Gasteiger partial charge in [0.15, 0.2) is 6.10 Å². The van der Waals surface area contributed by atoms with E-state index in [-0.39, 0.29) is 22.8 Å². The standard InChI is InChI=1S/C19H21N5O5/c1-10-14(16(20)29-22-10)19(27)28-12(3)17(25)21-15-11(2)23(4)24(18(15)26)13-8-6-5-7-9-13/h5-9,12H,20H2,1-4H3,(H,21,25)/t12-/m1/s1. The first-order valence-electron chi connectivity index (χ1n) is 8.80. The third-order valence-electron chi connectivity index (χ3n) is 4.55. The van der Waals surface area contributed by atoms with Crippen molar-refractivity contribution >= 4 is 23.4 Å². The molecule has 3 rings (SSSR count). The minimum atomic E-state index is -1.18. The van der Waals surface area contributed by atoms with Crippen molar-refractivity contribution in [2.45, 2.75) is 26.9 Å². The molecule has 1 aromatic carbocycles. The van der Waals surface area contributed by atoms with Gasteiger partial charge in [-0.15, -0.1) is 0 Å². The Balaban J connectivity index is 1.81. The first-order chi connectivity index (χ1) is 13.7. The minimum Gasteiger partial charge on any atom is -0.449 e. The summed E-state index contributed by atoms with van der Waals surface area (Å²) in [6.07, 6.45) is -1.18. The van der Waals surface area contributed by atoms with Gasteiger partial charge in [-0.3, -0.25) is 14.3 Å². The maximum Gasteiger partial charge on any atom is 0.346 e. The van der Waals surface area contributed by atoms with Gasteiger partial charge in [0.1, 0.15) is 11.3 Å². The number of carbonyl (C=O) groups is 2. The number of rotatable bonds is 5. The SMILES string of the molecule is Cc1noc(N)c1C(=O)O[C@H](C)C(=O)Nc1c(C)n(C)n(-c2ccccc2)c1=O. The van der Waals surface area contributed by atoms with Crippen molar-refractivity contribution in [3.8, 4) is 5.69 Å². The van der Waals surface area contributed by atoms with Crippen molar-refractivity contribution in [3.05, 3.63) is 57.6 Å². The second-order valence-electron chi connectivity index (χ2n) is 6.48. The number of carbonyl (C=O) groups excluding carboxylic acids is 2. The van der Waals surface area contributed by atoms with Gasteiger partial charge in [-0.2, -0.15) is 0 Å². The largest absolute Gasteiger partial charge is 0.449 e. The molecular weight excluding hydrogens is 378 g/mol. The molecule has 0 spiro atoms. The summed E-state index contributed by atoms with van der Waals surface area (Å²) in [4.78, 5) is 37.6. The van der Waals surface area contributed by atoms with E-state index in [1.54, 1.807) is 30.8 Å². The molecule has 2 heterocycles. The Kier molecular flexibility index (Phi) is 5.26. The molecule has 3 aromatic rings. The molecule has 1 atom stereocenters. The van der Waals surface area contributed by atoms with E-state index in [4.69, 9.17) is 15.0 Å². The predicted molar refractivity (Wildman–Crippen MR) is 105 cm³/mol. The Morgan fingerprint density at radius 1 is 1.24 bits per heavy atom. The van der Waals surface area contributed by atoms with E-state index >= 15 is 0 Å². The summed E-state index contributed by atoms with van der Waals surface area (Å²) >= 11 is 0. The van der Waals surface area contributed by atoms with Gasteiger partial charge in [0.2, 0.25) is 5.88 Å². The zero-order valence-electron chi connectivity index (χ0n) is 16.4. The number of aryl methyl sites for hydroxylation is 1. The van der Waals surface area contributed by atoms with Gasteiger partial charge >= 0.3 is 5.97 Å². The number of nitrogen functional groups attached to an aromatic ring is 1. The van der Waals surface area contributed by atoms with Gasteiger partial charge in [-0.1, -0.05) is 23.4 Å². The highest BCUT2D eigenvalue weighted by molar-refractivity contribution is 5.99. The topological polar surface area (TPSA) is 134 Å². The number of ether oxygens (including phenoxy) is 1. The molecule has 0 unspecified atom stereocenters. The maximum atomic E-state index is 12.8. The zero-order chi connectivity index (χ0) is 21.3. The molecule has 29 heavy (non-hydrogen) atoms. The fourth-order valence-corrected chi connectivity index (χ4v) is 2.85. The molecule has 10 nitrogen and oxygen atoms in total. The van der Waals surface area contributed by atoms with Crippen molar-refractivity contribution in [2.24, 2.45) is 7.05 Å². The molecular formula is C19H21N5O5. The number of nitrogens with zero attached hydrogens (tertiary/aromatic N) is 3. The summed E-state index contributed by atoms with van der Waals surface area (Å²) in [5.41, 5.74) is 6.68. The summed E-state index contributed by atoms with van der Waals surface area (Å²) in [5.74, 6) is -1.68. The normalized spacial score (nSPS) is 11.9. The van der Waals surface area contributed by atoms with Crippen LogP contribution in [0, 0.1) is 13.8 Å². The number of para-hydroxylation sites is 1. The van der Waals surface area contributed by atoms with E-state index in [2.05, 4.69) is 10.5 Å². The Morgan fingerprint density at radius 2 is 1.90 bits per heavy atom. The second-order valence-corrected chi connectivity index (χ2v) is 6.48. The lowest BCUT2D eigenvalue weighted by molar-refractivity contribution is -0.123. The average Bonchev–Trinajstić information content (AvgIpc) is 3.13. The van der Waals surface area contributed by atoms with Gasteiger partial charge in [0.05, 0.1) is 17.1 Å². The number of esters is 1. The number of nitrogens with one attached hydrogen (secondary N) is 1. The zero-order valence-corrected chi connectivity index (χ0v) is 16.4. The van der Waals surface area contributed by atoms with Crippen molar-refractivity contribution in [2.75, 3.05) is 11.1 Å². The lowest BCUT2D eigenvalue weighted by Gasteiger charge is -2.12. The van der Waals surface area contributed by atoms with E-state index in [0.717, 1.165) is 0 Å². The first-order valence-corrected chi connectivity index (χ1v) is 8.80. The molecule has 0 radical (unpaired) electrons. The summed E-state index contributed by atoms with van der Waals surface area (Å²) < 4.78 is 12.9. The number of hydrogen-bond donors (Lipinski definition) is 2. The molecule has 0 fully saturated rings. The molecule has 0 saturated heterocycles. The van der Waals surface area contributed by atoms with Gasteiger partial charge in [-0.25, -0.2) is 9.48 Å². The Morgan fingerprint density at radius 3 is 2.48 bits per heavy atom. The van der Waals surface area contributed by atoms with Crippen LogP contribution < -0.4 is 16.6 Å². The van der Waals surface area contributed by atoms with E-state index in [1.165, 1.54) is 18.5 Å². The molecule has 0 saturated carbocycles. The predicted octanol–water partition coefficient (Wildman–Crippen LogP) is 1.55. The van der Waals surface area contributed by atoms with Gasteiger partial charge in [-0.05, 0) is 32.9 Å². The van der Waals surface area contributed by atoms with Gasteiger partial charge < -0.3 is 20.3 Å². The third kappa shape index (κ3) is 3.64. The maximum absolute atomic E-state index is 12.8. The minimum absolute atomic E-state index is 0.0352. The van der Waals surface area contributed by atoms with E-state index in [0.29, 0.717) is 11.4 Å². The highest BCUT2D eigenvalue weighted by Gasteiger charge is 2.26. The summed E-state index contributed by atoms with van der Waals surface area (Å²) in [7, 11) is 1.71. The van der Waals surface area contributed by atoms with E-state index in [9.17, 15) is 14.4 Å². The Bertz CT molecular complexity index is 1110. The summed E-state index contributed by atoms with van der Waals surface area (Å²) in [6, 6.07) is 9.02. The number of anilines is 2. The van der Waals surface area contributed by atoms with Gasteiger partial charge in [0.25, 0.3) is 11.5 Å². The number of nitrogens with two attached hydrogens (primary N) is 1. The fraction of sp³-hybridized carbons (Fsp3) is 0.263. The smallest absolute Gasteiger partial charge is 0.346 e. The monoisotopic (exact) mass is 399 g/mol. The second kappa shape index (κ2) is 7.66. The molecule has 0 aliphatic heterocycles. The van der Waals surface area contributed by atoms with Crippen LogP contribution >= 0.6 is 0 Å². The average molecular weight is 399 g/mol. The highest BCUT2D eigenvalue weighted by atomic mass is 16.5. The van der Waals surface area contributed by atoms with E-state index < -0.39 is 23.5 Å². The van der Waals surface area contributed by atoms with Crippen molar-refractivity contribution in [1.29, 1.82) is 0 Å². The first kappa shape index (κ1) is 19.9. The molecule has 152 valence electrons. The summed E-state index contributed by atoms with van der Waals surface area (Å²) in [6.45, 7) is 4.62. The van der Waals surface area contributed by atoms with Crippen LogP contribution in [0.2, 0.25) is 0 Å². The fourth-order valence-electron chi connectivity index (χ4n) is 2.85. The molecule has 3 N–H and O–H groups in total. The number of hydrogen-bond acceptors (Lipinski definition) is 7. The van der Waals surface area contributed by atoms with Crippen LogP contribution in [0.1, 0.15) is 28.7 Å². The van der Waals surface area contributed by atoms with Gasteiger partial charge in [0, 0.05) is 7.05 Å². The van der Waals surface area contributed by atoms with Crippen LogP contribution in [0.15, 0.2) is 39.6 Å². The third-order valence-corrected chi connectivity index (χ3v) is 4.55. The molecule has 2 aromatic heterocycles. The molecule has 1 amide bonds. The highest BCUT2D eigenvalue weighted by Crippen LogP contribution is 2.18. The lowest BCUT2D eigenvalue weighted by Crippen LogP contribution is -2.32. The van der Waals surface area contributed by atoms with Crippen LogP contribution in [-0.2, 0) is 16.6 Å². The molecule has 10 heteroatoms. The molecule has 0 bridgehead atoms. The quantitative estimate of drug-likeness (QED) is 0.622. The van der Waals surface area contributed by atoms with Crippen LogP contribution in [-0.4, -0.2) is 32.5 Å². The molecule has 0 aliphatic carbocycles. The number of amides is 1. The van der Waals surface area contributed by atoms with Crippen molar-refractivity contribution < 1.29 is 18.8 Å². The Labute approximate surface area is 165 Å². The lowest BCUT2D eigenvalue weighted by atomic mass is 10.2. The van der Waals surface area contributed by atoms with E-state index in [1.807, 2.05) is 18.2 Å². The molecule has 0 aliphatic rings. The summed E-state index contributed by atoms with van der Waals surface area (Å²) in [5, 5.41) is 6.12.